The van der Waals surface area contributed by atoms with Gasteiger partial charge in [-0.2, -0.15) is 4.98 Å². The molecule has 0 fully saturated rings. The van der Waals surface area contributed by atoms with Crippen molar-refractivity contribution in [2.75, 3.05) is 0 Å². The van der Waals surface area contributed by atoms with Crippen molar-refractivity contribution in [2.24, 2.45) is 0 Å². The Morgan fingerprint density at radius 3 is 2.80 bits per heavy atom. The summed E-state index contributed by atoms with van der Waals surface area (Å²) in [4.78, 5) is 4.39. The molecule has 1 aromatic carbocycles. The van der Waals surface area contributed by atoms with E-state index in [0.717, 1.165) is 14.6 Å². The molecule has 2 heterocycles. The van der Waals surface area contributed by atoms with E-state index in [1.807, 2.05) is 47.0 Å². The van der Waals surface area contributed by atoms with Crippen LogP contribution in [0.4, 0.5) is 0 Å². The Balaban J connectivity index is 2.06. The summed E-state index contributed by atoms with van der Waals surface area (Å²) < 4.78 is 9.38. The lowest BCUT2D eigenvalue weighted by Gasteiger charge is -2.07. The van der Waals surface area contributed by atoms with Crippen molar-refractivity contribution in [2.45, 2.75) is 6.61 Å². The van der Waals surface area contributed by atoms with Gasteiger partial charge in [0, 0.05) is 10.7 Å². The molecule has 0 bridgehead atoms. The van der Waals surface area contributed by atoms with E-state index in [1.54, 1.807) is 0 Å². The number of benzene rings is 1. The summed E-state index contributed by atoms with van der Waals surface area (Å²) >= 11 is 6.84. The average molecular weight is 398 g/mol. The van der Waals surface area contributed by atoms with Crippen LogP contribution in [0.3, 0.4) is 0 Å². The fraction of sp³-hybridized carbons (Fsp3) is 0.0714. The maximum absolute atomic E-state index is 9.54. The third kappa shape index (κ3) is 2.46. The molecule has 0 spiro atoms. The Morgan fingerprint density at radius 2 is 2.05 bits per heavy atom. The second-order valence-electron chi connectivity index (χ2n) is 4.13. The number of ether oxygens (including phenoxy) is 1. The van der Waals surface area contributed by atoms with Crippen molar-refractivity contribution in [3.63, 3.8) is 0 Å². The van der Waals surface area contributed by atoms with Crippen LogP contribution >= 0.6 is 31.9 Å². The van der Waals surface area contributed by atoms with E-state index in [4.69, 9.17) is 4.74 Å². The zero-order valence-corrected chi connectivity index (χ0v) is 13.4. The molecule has 0 atom stereocenters. The first-order chi connectivity index (χ1) is 9.69. The predicted octanol–water partition coefficient (Wildman–Crippen LogP) is 4.14. The molecule has 0 radical (unpaired) electrons. The summed E-state index contributed by atoms with van der Waals surface area (Å²) in [7, 11) is 0. The standard InChI is InChI=1S/C14H10Br2N2O2/c15-9-4-5-12(10(16)7-9)20-14-11(8-19)18-6-2-1-3-13(18)17-14/h1-7,19H,8H2. The number of fused-ring (bicyclic) bond motifs is 1. The summed E-state index contributed by atoms with van der Waals surface area (Å²) in [6.45, 7) is -0.144. The minimum atomic E-state index is -0.144. The predicted molar refractivity (Wildman–Crippen MR) is 83.0 cm³/mol. The molecule has 102 valence electrons. The van der Waals surface area contributed by atoms with Crippen molar-refractivity contribution in [3.05, 3.63) is 57.2 Å². The van der Waals surface area contributed by atoms with E-state index < -0.39 is 0 Å². The van der Waals surface area contributed by atoms with Gasteiger partial charge in [-0.3, -0.25) is 4.40 Å². The third-order valence-corrected chi connectivity index (χ3v) is 3.96. The largest absolute Gasteiger partial charge is 0.436 e. The molecular weight excluding hydrogens is 388 g/mol. The smallest absolute Gasteiger partial charge is 0.243 e. The van der Waals surface area contributed by atoms with E-state index in [-0.39, 0.29) is 6.61 Å². The normalized spacial score (nSPS) is 10.9. The van der Waals surface area contributed by atoms with Gasteiger partial charge in [0.2, 0.25) is 5.88 Å². The minimum Gasteiger partial charge on any atom is -0.436 e. The van der Waals surface area contributed by atoms with Crippen LogP contribution in [0.1, 0.15) is 5.69 Å². The highest BCUT2D eigenvalue weighted by Gasteiger charge is 2.14. The van der Waals surface area contributed by atoms with E-state index in [2.05, 4.69) is 36.8 Å². The number of imidazole rings is 1. The molecule has 0 aliphatic rings. The van der Waals surface area contributed by atoms with Crippen molar-refractivity contribution in [1.29, 1.82) is 0 Å². The van der Waals surface area contributed by atoms with Crippen molar-refractivity contribution in [3.8, 4) is 11.6 Å². The molecule has 0 saturated heterocycles. The summed E-state index contributed by atoms with van der Waals surface area (Å²) in [5.74, 6) is 1.05. The number of hydrogen-bond donors (Lipinski definition) is 1. The van der Waals surface area contributed by atoms with Crippen LogP contribution in [0.2, 0.25) is 0 Å². The van der Waals surface area contributed by atoms with Crippen molar-refractivity contribution < 1.29 is 9.84 Å². The second-order valence-corrected chi connectivity index (χ2v) is 5.90. The lowest BCUT2D eigenvalue weighted by atomic mass is 10.3. The summed E-state index contributed by atoms with van der Waals surface area (Å²) in [5.41, 5.74) is 1.36. The second kappa shape index (κ2) is 5.55. The molecular formula is C14H10Br2N2O2. The molecule has 4 nitrogen and oxygen atoms in total. The fourth-order valence-electron chi connectivity index (χ4n) is 1.91. The van der Waals surface area contributed by atoms with Crippen LogP contribution in [0.5, 0.6) is 11.6 Å². The van der Waals surface area contributed by atoms with E-state index in [0.29, 0.717) is 17.3 Å². The highest BCUT2D eigenvalue weighted by molar-refractivity contribution is 9.11. The third-order valence-electron chi connectivity index (χ3n) is 2.84. The number of aliphatic hydroxyl groups is 1. The molecule has 0 saturated carbocycles. The SMILES string of the molecule is OCc1c(Oc2ccc(Br)cc2Br)nc2ccccn12. The lowest BCUT2D eigenvalue weighted by Crippen LogP contribution is -1.94. The Hall–Kier alpha value is -1.37. The Bertz CT molecular complexity index is 771. The Morgan fingerprint density at radius 1 is 1.20 bits per heavy atom. The Kier molecular flexibility index (Phi) is 3.78. The molecule has 0 unspecified atom stereocenters. The fourth-order valence-corrected chi connectivity index (χ4v) is 3.04. The quantitative estimate of drug-likeness (QED) is 0.722. The van der Waals surface area contributed by atoms with Gasteiger partial charge in [-0.05, 0) is 46.3 Å². The number of aromatic nitrogens is 2. The molecule has 0 amide bonds. The molecule has 3 rings (SSSR count). The van der Waals surface area contributed by atoms with Crippen LogP contribution in [-0.2, 0) is 6.61 Å². The van der Waals surface area contributed by atoms with Crippen molar-refractivity contribution >= 4 is 37.5 Å². The molecule has 3 aromatic rings. The lowest BCUT2D eigenvalue weighted by molar-refractivity contribution is 0.269. The van der Waals surface area contributed by atoms with Gasteiger partial charge in [-0.25, -0.2) is 0 Å². The monoisotopic (exact) mass is 396 g/mol. The molecule has 2 aromatic heterocycles. The van der Waals surface area contributed by atoms with E-state index in [1.165, 1.54) is 0 Å². The first-order valence-corrected chi connectivity index (χ1v) is 7.47. The zero-order chi connectivity index (χ0) is 14.1. The van der Waals surface area contributed by atoms with Gasteiger partial charge in [0.25, 0.3) is 0 Å². The van der Waals surface area contributed by atoms with Gasteiger partial charge < -0.3 is 9.84 Å². The zero-order valence-electron chi connectivity index (χ0n) is 10.3. The number of pyridine rings is 1. The maximum atomic E-state index is 9.54. The maximum Gasteiger partial charge on any atom is 0.243 e. The molecule has 6 heteroatoms. The van der Waals surface area contributed by atoms with E-state index in [9.17, 15) is 5.11 Å². The molecule has 0 aliphatic heterocycles. The number of nitrogens with zero attached hydrogens (tertiary/aromatic N) is 2. The topological polar surface area (TPSA) is 46.8 Å². The van der Waals surface area contributed by atoms with Gasteiger partial charge in [-0.1, -0.05) is 22.0 Å². The van der Waals surface area contributed by atoms with Crippen LogP contribution < -0.4 is 4.74 Å². The first-order valence-electron chi connectivity index (χ1n) is 5.89. The highest BCUT2D eigenvalue weighted by Crippen LogP contribution is 2.33. The van der Waals surface area contributed by atoms with Gasteiger partial charge in [0.05, 0.1) is 11.1 Å². The van der Waals surface area contributed by atoms with Gasteiger partial charge in [0.1, 0.15) is 17.1 Å². The van der Waals surface area contributed by atoms with Crippen LogP contribution in [0.25, 0.3) is 5.65 Å². The highest BCUT2D eigenvalue weighted by atomic mass is 79.9. The summed E-state index contributed by atoms with van der Waals surface area (Å²) in [6, 6.07) is 11.2. The Labute approximate surface area is 132 Å². The first kappa shape index (κ1) is 13.6. The number of aliphatic hydroxyl groups excluding tert-OH is 1. The van der Waals surface area contributed by atoms with Crippen LogP contribution in [0.15, 0.2) is 51.5 Å². The van der Waals surface area contributed by atoms with Gasteiger partial charge >= 0.3 is 0 Å². The number of rotatable bonds is 3. The molecule has 20 heavy (non-hydrogen) atoms. The molecule has 0 aliphatic carbocycles. The molecule has 1 N–H and O–H groups in total. The minimum absolute atomic E-state index is 0.144. The average Bonchev–Trinajstić information content (AvgIpc) is 2.79. The van der Waals surface area contributed by atoms with Gasteiger partial charge in [-0.15, -0.1) is 0 Å². The number of halogens is 2. The van der Waals surface area contributed by atoms with Crippen LogP contribution in [-0.4, -0.2) is 14.5 Å². The van der Waals surface area contributed by atoms with Gasteiger partial charge in [0.15, 0.2) is 0 Å². The van der Waals surface area contributed by atoms with Crippen molar-refractivity contribution in [1.82, 2.24) is 9.38 Å². The van der Waals surface area contributed by atoms with E-state index >= 15 is 0 Å². The van der Waals surface area contributed by atoms with Crippen LogP contribution in [0, 0.1) is 0 Å². The summed E-state index contributed by atoms with van der Waals surface area (Å²) in [5, 5.41) is 9.54. The summed E-state index contributed by atoms with van der Waals surface area (Å²) in [6.07, 6.45) is 1.84. The number of hydrogen-bond acceptors (Lipinski definition) is 3.